The smallest absolute Gasteiger partial charge is 0.221 e. The number of aromatic nitrogens is 1. The molecule has 1 aliphatic heterocycles. The fraction of sp³-hybridized carbons (Fsp3) is 0.136. The Hall–Kier alpha value is -3.67. The van der Waals surface area contributed by atoms with Crippen molar-refractivity contribution in [1.29, 1.82) is 0 Å². The average Bonchev–Trinajstić information content (AvgIpc) is 3.10. The Bertz CT molecular complexity index is 1080. The number of pyridine rings is 1. The first-order valence-electron chi connectivity index (χ1n) is 8.96. The van der Waals surface area contributed by atoms with Gasteiger partial charge < -0.3 is 15.7 Å². The van der Waals surface area contributed by atoms with Gasteiger partial charge in [-0.1, -0.05) is 24.3 Å². The van der Waals surface area contributed by atoms with Crippen LogP contribution in [0, 0.1) is 0 Å². The fourth-order valence-corrected chi connectivity index (χ4v) is 3.44. The lowest BCUT2D eigenvalue weighted by Crippen LogP contribution is -2.14. The summed E-state index contributed by atoms with van der Waals surface area (Å²) in [5.41, 5.74) is 3.77. The van der Waals surface area contributed by atoms with E-state index in [9.17, 15) is 14.7 Å². The molecule has 0 radical (unpaired) electrons. The molecule has 0 saturated heterocycles. The van der Waals surface area contributed by atoms with Crippen LogP contribution in [0.5, 0.6) is 5.75 Å². The molecule has 140 valence electrons. The van der Waals surface area contributed by atoms with E-state index in [0.29, 0.717) is 23.6 Å². The summed E-state index contributed by atoms with van der Waals surface area (Å²) in [7, 11) is 0. The highest BCUT2D eigenvalue weighted by Crippen LogP contribution is 2.35. The zero-order valence-electron chi connectivity index (χ0n) is 15.3. The van der Waals surface area contributed by atoms with E-state index >= 15 is 0 Å². The van der Waals surface area contributed by atoms with Gasteiger partial charge in [0, 0.05) is 42.0 Å². The molecular weight excluding hydrogens is 354 g/mol. The summed E-state index contributed by atoms with van der Waals surface area (Å²) in [6.07, 6.45) is 1.75. The number of nitrogens with one attached hydrogen (secondary N) is 2. The number of phenols is 1. The lowest BCUT2D eigenvalue weighted by atomic mass is 9.91. The lowest BCUT2D eigenvalue weighted by molar-refractivity contribution is -0.114. The molecule has 1 unspecified atom stereocenters. The zero-order chi connectivity index (χ0) is 19.7. The Morgan fingerprint density at radius 2 is 1.93 bits per heavy atom. The molecule has 6 heteroatoms. The molecular formula is C22H19N3O3. The van der Waals surface area contributed by atoms with Crippen LogP contribution in [0.1, 0.15) is 28.8 Å². The summed E-state index contributed by atoms with van der Waals surface area (Å²) in [5, 5.41) is 15.6. The highest BCUT2D eigenvalue weighted by Gasteiger charge is 2.30. The normalized spacial score (nSPS) is 14.8. The van der Waals surface area contributed by atoms with Gasteiger partial charge in [0.15, 0.2) is 5.78 Å². The SMILES string of the molecule is CC(=O)Nc1cccc(-c2cnc3c(c2)C(C(=O)c2cccc(O)c2)CN3)c1. The van der Waals surface area contributed by atoms with Crippen LogP contribution in [0.25, 0.3) is 11.1 Å². The van der Waals surface area contributed by atoms with E-state index < -0.39 is 0 Å². The Kier molecular flexibility index (Phi) is 4.53. The number of anilines is 2. The quantitative estimate of drug-likeness (QED) is 0.605. The number of benzene rings is 2. The van der Waals surface area contributed by atoms with Crippen molar-refractivity contribution in [3.63, 3.8) is 0 Å². The minimum atomic E-state index is -0.372. The minimum absolute atomic E-state index is 0.0619. The van der Waals surface area contributed by atoms with Crippen LogP contribution in [0.4, 0.5) is 11.5 Å². The van der Waals surface area contributed by atoms with Gasteiger partial charge in [0.25, 0.3) is 0 Å². The largest absolute Gasteiger partial charge is 0.508 e. The molecule has 0 bridgehead atoms. The Morgan fingerprint density at radius 3 is 2.71 bits per heavy atom. The molecule has 1 aromatic heterocycles. The van der Waals surface area contributed by atoms with Crippen molar-refractivity contribution in [2.45, 2.75) is 12.8 Å². The van der Waals surface area contributed by atoms with Crippen molar-refractivity contribution >= 4 is 23.2 Å². The highest BCUT2D eigenvalue weighted by atomic mass is 16.3. The number of carbonyl (C=O) groups excluding carboxylic acids is 2. The monoisotopic (exact) mass is 373 g/mol. The third-order valence-corrected chi connectivity index (χ3v) is 4.73. The van der Waals surface area contributed by atoms with Crippen LogP contribution in [0.2, 0.25) is 0 Å². The van der Waals surface area contributed by atoms with Gasteiger partial charge in [0.2, 0.25) is 5.91 Å². The van der Waals surface area contributed by atoms with Gasteiger partial charge in [-0.3, -0.25) is 9.59 Å². The summed E-state index contributed by atoms with van der Waals surface area (Å²) in [6, 6.07) is 15.8. The van der Waals surface area contributed by atoms with Crippen molar-refractivity contribution in [3.8, 4) is 16.9 Å². The maximum absolute atomic E-state index is 13.0. The third-order valence-electron chi connectivity index (χ3n) is 4.73. The molecule has 2 aromatic carbocycles. The molecule has 0 spiro atoms. The van der Waals surface area contributed by atoms with Gasteiger partial charge in [-0.2, -0.15) is 0 Å². The van der Waals surface area contributed by atoms with Gasteiger partial charge in [0.05, 0.1) is 5.92 Å². The predicted molar refractivity (Wildman–Crippen MR) is 108 cm³/mol. The molecule has 1 aliphatic rings. The number of carbonyl (C=O) groups is 2. The van der Waals surface area contributed by atoms with Crippen LogP contribution in [0.15, 0.2) is 60.8 Å². The highest BCUT2D eigenvalue weighted by molar-refractivity contribution is 6.03. The molecule has 6 nitrogen and oxygen atoms in total. The molecule has 0 saturated carbocycles. The molecule has 0 aliphatic carbocycles. The van der Waals surface area contributed by atoms with E-state index in [1.165, 1.54) is 13.0 Å². The van der Waals surface area contributed by atoms with Crippen molar-refractivity contribution < 1.29 is 14.7 Å². The number of aromatic hydroxyl groups is 1. The summed E-state index contributed by atoms with van der Waals surface area (Å²) >= 11 is 0. The minimum Gasteiger partial charge on any atom is -0.508 e. The van der Waals surface area contributed by atoms with Crippen molar-refractivity contribution in [2.75, 3.05) is 17.2 Å². The number of rotatable bonds is 4. The van der Waals surface area contributed by atoms with Gasteiger partial charge in [0.1, 0.15) is 11.6 Å². The molecule has 28 heavy (non-hydrogen) atoms. The van der Waals surface area contributed by atoms with Gasteiger partial charge >= 0.3 is 0 Å². The lowest BCUT2D eigenvalue weighted by Gasteiger charge is -2.11. The predicted octanol–water partition coefficient (Wildman–Crippen LogP) is 3.80. The molecule has 3 aromatic rings. The first-order chi connectivity index (χ1) is 13.5. The van der Waals surface area contributed by atoms with Crippen molar-refractivity contribution in [1.82, 2.24) is 4.98 Å². The van der Waals surface area contributed by atoms with E-state index in [-0.39, 0.29) is 23.4 Å². The second kappa shape index (κ2) is 7.15. The fourth-order valence-electron chi connectivity index (χ4n) is 3.44. The van der Waals surface area contributed by atoms with Gasteiger partial charge in [-0.05, 0) is 35.9 Å². The topological polar surface area (TPSA) is 91.3 Å². The first kappa shape index (κ1) is 17.7. The zero-order valence-corrected chi connectivity index (χ0v) is 15.3. The number of hydrogen-bond acceptors (Lipinski definition) is 5. The van der Waals surface area contributed by atoms with E-state index in [1.54, 1.807) is 24.4 Å². The number of nitrogens with zero attached hydrogens (tertiary/aromatic N) is 1. The second-order valence-corrected chi connectivity index (χ2v) is 6.77. The van der Waals surface area contributed by atoms with Crippen molar-refractivity contribution in [3.05, 3.63) is 71.9 Å². The maximum Gasteiger partial charge on any atom is 0.221 e. The Morgan fingerprint density at radius 1 is 1.11 bits per heavy atom. The molecule has 1 atom stereocenters. The average molecular weight is 373 g/mol. The molecule has 3 N–H and O–H groups in total. The van der Waals surface area contributed by atoms with Gasteiger partial charge in [-0.25, -0.2) is 4.98 Å². The third kappa shape index (κ3) is 3.44. The molecule has 4 rings (SSSR count). The number of fused-ring (bicyclic) bond motifs is 1. The van der Waals surface area contributed by atoms with Crippen LogP contribution in [0.3, 0.4) is 0 Å². The standard InChI is InChI=1S/C22H19N3O3/c1-13(26)25-17-6-2-4-14(8-17)16-10-19-20(12-24-22(19)23-11-16)21(28)15-5-3-7-18(27)9-15/h2-11,20,27H,12H2,1H3,(H,23,24)(H,25,26). The van der Waals surface area contributed by atoms with E-state index in [2.05, 4.69) is 15.6 Å². The Balaban J connectivity index is 1.68. The van der Waals surface area contributed by atoms with Crippen LogP contribution in [-0.4, -0.2) is 28.3 Å². The summed E-state index contributed by atoms with van der Waals surface area (Å²) in [6.45, 7) is 1.93. The second-order valence-electron chi connectivity index (χ2n) is 6.77. The van der Waals surface area contributed by atoms with Crippen LogP contribution >= 0.6 is 0 Å². The van der Waals surface area contributed by atoms with E-state index in [1.807, 2.05) is 30.3 Å². The summed E-state index contributed by atoms with van der Waals surface area (Å²) in [4.78, 5) is 28.7. The molecule has 1 amide bonds. The van der Waals surface area contributed by atoms with E-state index in [4.69, 9.17) is 0 Å². The van der Waals surface area contributed by atoms with Crippen LogP contribution in [-0.2, 0) is 4.79 Å². The molecule has 2 heterocycles. The Labute approximate surface area is 162 Å². The number of phenolic OH excluding ortho intramolecular Hbond substituents is 1. The number of hydrogen-bond donors (Lipinski definition) is 3. The first-order valence-corrected chi connectivity index (χ1v) is 8.96. The van der Waals surface area contributed by atoms with Crippen molar-refractivity contribution in [2.24, 2.45) is 0 Å². The summed E-state index contributed by atoms with van der Waals surface area (Å²) in [5.74, 6) is 0.194. The van der Waals surface area contributed by atoms with Gasteiger partial charge in [-0.15, -0.1) is 0 Å². The number of amides is 1. The number of Topliss-reactive ketones (excluding diaryl/α,β-unsaturated/α-hetero) is 1. The maximum atomic E-state index is 13.0. The summed E-state index contributed by atoms with van der Waals surface area (Å²) < 4.78 is 0. The number of ketones is 1. The van der Waals surface area contributed by atoms with Crippen LogP contribution < -0.4 is 10.6 Å². The molecule has 0 fully saturated rings. The van der Waals surface area contributed by atoms with E-state index in [0.717, 1.165) is 16.7 Å².